The van der Waals surface area contributed by atoms with Gasteiger partial charge in [0.2, 0.25) is 0 Å². The number of hydrogen-bond acceptors (Lipinski definition) is 1. The second-order valence-corrected chi connectivity index (χ2v) is 5.51. The van der Waals surface area contributed by atoms with Gasteiger partial charge in [0.15, 0.2) is 11.6 Å². The Labute approximate surface area is 121 Å². The van der Waals surface area contributed by atoms with Crippen LogP contribution in [0.2, 0.25) is 5.02 Å². The van der Waals surface area contributed by atoms with Crippen LogP contribution in [0.5, 0.6) is 0 Å². The largest absolute Gasteiger partial charge is 0.310 e. The topological polar surface area (TPSA) is 12.0 Å². The van der Waals surface area contributed by atoms with Gasteiger partial charge in [0.05, 0.1) is 5.02 Å². The van der Waals surface area contributed by atoms with Gasteiger partial charge in [0.1, 0.15) is 0 Å². The van der Waals surface area contributed by atoms with Crippen molar-refractivity contribution in [2.45, 2.75) is 25.4 Å². The number of rotatable bonds is 4. The van der Waals surface area contributed by atoms with Crippen molar-refractivity contribution >= 4 is 11.6 Å². The Morgan fingerprint density at radius 3 is 2.60 bits per heavy atom. The Kier molecular flexibility index (Phi) is 3.72. The van der Waals surface area contributed by atoms with E-state index in [1.807, 2.05) is 24.3 Å². The molecule has 1 saturated carbocycles. The van der Waals surface area contributed by atoms with Crippen LogP contribution in [0.3, 0.4) is 0 Å². The van der Waals surface area contributed by atoms with E-state index in [-0.39, 0.29) is 5.02 Å². The molecule has 0 aromatic heterocycles. The summed E-state index contributed by atoms with van der Waals surface area (Å²) in [5.41, 5.74) is 2.41. The lowest BCUT2D eigenvalue weighted by atomic mass is 10.0. The molecule has 0 amide bonds. The smallest absolute Gasteiger partial charge is 0.160 e. The molecule has 0 aliphatic heterocycles. The summed E-state index contributed by atoms with van der Waals surface area (Å²) in [6.07, 6.45) is 2.46. The van der Waals surface area contributed by atoms with Gasteiger partial charge in [-0.3, -0.25) is 0 Å². The molecule has 1 nitrogen and oxygen atoms in total. The zero-order valence-corrected chi connectivity index (χ0v) is 11.6. The second kappa shape index (κ2) is 5.51. The lowest BCUT2D eigenvalue weighted by molar-refractivity contribution is 0.509. The maximum absolute atomic E-state index is 13.4. The molecule has 4 heteroatoms. The molecule has 104 valence electrons. The van der Waals surface area contributed by atoms with E-state index >= 15 is 0 Å². The Balaban J connectivity index is 1.89. The second-order valence-electron chi connectivity index (χ2n) is 5.10. The third-order valence-electron chi connectivity index (χ3n) is 3.42. The third kappa shape index (κ3) is 3.00. The van der Waals surface area contributed by atoms with Crippen molar-refractivity contribution in [3.63, 3.8) is 0 Å². The minimum Gasteiger partial charge on any atom is -0.310 e. The molecule has 0 unspecified atom stereocenters. The fourth-order valence-electron chi connectivity index (χ4n) is 2.14. The molecule has 1 N–H and O–H groups in total. The number of halogens is 3. The molecule has 0 radical (unpaired) electrons. The fourth-order valence-corrected chi connectivity index (χ4v) is 2.40. The van der Waals surface area contributed by atoms with Crippen LogP contribution in [0, 0.1) is 11.6 Å². The average molecular weight is 294 g/mol. The molecule has 2 aromatic carbocycles. The molecule has 20 heavy (non-hydrogen) atoms. The van der Waals surface area contributed by atoms with E-state index in [1.165, 1.54) is 12.8 Å². The van der Waals surface area contributed by atoms with E-state index in [0.29, 0.717) is 11.6 Å². The van der Waals surface area contributed by atoms with Crippen LogP contribution in [0.15, 0.2) is 36.4 Å². The first kappa shape index (κ1) is 13.5. The zero-order chi connectivity index (χ0) is 14.1. The molecule has 2 aromatic rings. The maximum Gasteiger partial charge on any atom is 0.160 e. The van der Waals surface area contributed by atoms with Gasteiger partial charge in [-0.2, -0.15) is 0 Å². The summed E-state index contributed by atoms with van der Waals surface area (Å²) in [6.45, 7) is 0.778. The zero-order valence-electron chi connectivity index (χ0n) is 10.8. The summed E-state index contributed by atoms with van der Waals surface area (Å²) in [5.74, 6) is -1.81. The molecule has 0 heterocycles. The van der Waals surface area contributed by atoms with E-state index < -0.39 is 11.6 Å². The van der Waals surface area contributed by atoms with Gasteiger partial charge >= 0.3 is 0 Å². The van der Waals surface area contributed by atoms with Crippen molar-refractivity contribution in [1.82, 2.24) is 5.32 Å². The highest BCUT2D eigenvalue weighted by molar-refractivity contribution is 6.33. The quantitative estimate of drug-likeness (QED) is 0.816. The summed E-state index contributed by atoms with van der Waals surface area (Å²) >= 11 is 6.00. The molecule has 0 saturated heterocycles. The normalized spacial score (nSPS) is 14.6. The Bertz CT molecular complexity index is 638. The van der Waals surface area contributed by atoms with E-state index in [4.69, 9.17) is 11.6 Å². The van der Waals surface area contributed by atoms with Gasteiger partial charge in [0.25, 0.3) is 0 Å². The molecule has 1 aliphatic rings. The standard InChI is InChI=1S/C16H14ClF2N/c17-14-8-16(19)15(18)7-13(14)11-3-1-2-10(6-11)9-20-12-4-5-12/h1-3,6-8,12,20H,4-5,9H2. The summed E-state index contributed by atoms with van der Waals surface area (Å²) < 4.78 is 26.5. The fraction of sp³-hybridized carbons (Fsp3) is 0.250. The van der Waals surface area contributed by atoms with Gasteiger partial charge in [-0.15, -0.1) is 0 Å². The first-order valence-corrected chi connectivity index (χ1v) is 6.98. The maximum atomic E-state index is 13.4. The Hall–Kier alpha value is -1.45. The predicted molar refractivity (Wildman–Crippen MR) is 76.7 cm³/mol. The molecule has 3 rings (SSSR count). The Morgan fingerprint density at radius 2 is 1.85 bits per heavy atom. The number of benzene rings is 2. The molecular formula is C16H14ClF2N. The van der Waals surface area contributed by atoms with Gasteiger partial charge in [0, 0.05) is 18.2 Å². The monoisotopic (exact) mass is 293 g/mol. The molecule has 0 bridgehead atoms. The SMILES string of the molecule is Fc1cc(Cl)c(-c2cccc(CNC3CC3)c2)cc1F. The van der Waals surface area contributed by atoms with E-state index in [2.05, 4.69) is 5.32 Å². The number of hydrogen-bond donors (Lipinski definition) is 1. The van der Waals surface area contributed by atoms with E-state index in [0.717, 1.165) is 29.8 Å². The van der Waals surface area contributed by atoms with Crippen molar-refractivity contribution in [2.75, 3.05) is 0 Å². The van der Waals surface area contributed by atoms with Crippen LogP contribution in [0.4, 0.5) is 8.78 Å². The summed E-state index contributed by atoms with van der Waals surface area (Å²) in [4.78, 5) is 0. The van der Waals surface area contributed by atoms with Crippen molar-refractivity contribution in [2.24, 2.45) is 0 Å². The van der Waals surface area contributed by atoms with Gasteiger partial charge in [-0.05, 0) is 42.2 Å². The van der Waals surface area contributed by atoms with Crippen molar-refractivity contribution in [3.05, 3.63) is 58.6 Å². The van der Waals surface area contributed by atoms with Crippen LogP contribution in [0.1, 0.15) is 18.4 Å². The van der Waals surface area contributed by atoms with Gasteiger partial charge in [-0.1, -0.05) is 29.8 Å². The Morgan fingerprint density at radius 1 is 1.10 bits per heavy atom. The lowest BCUT2D eigenvalue weighted by Crippen LogP contribution is -2.15. The lowest BCUT2D eigenvalue weighted by Gasteiger charge is -2.09. The minimum atomic E-state index is -0.926. The van der Waals surface area contributed by atoms with Crippen molar-refractivity contribution in [3.8, 4) is 11.1 Å². The van der Waals surface area contributed by atoms with Crippen LogP contribution in [-0.4, -0.2) is 6.04 Å². The minimum absolute atomic E-state index is 0.219. The van der Waals surface area contributed by atoms with Gasteiger partial charge in [-0.25, -0.2) is 8.78 Å². The van der Waals surface area contributed by atoms with Gasteiger partial charge < -0.3 is 5.32 Å². The van der Waals surface area contributed by atoms with Crippen molar-refractivity contribution < 1.29 is 8.78 Å². The average Bonchev–Trinajstić information content (AvgIpc) is 3.25. The molecule has 0 atom stereocenters. The third-order valence-corrected chi connectivity index (χ3v) is 3.73. The number of nitrogens with one attached hydrogen (secondary N) is 1. The van der Waals surface area contributed by atoms with Crippen LogP contribution >= 0.6 is 11.6 Å². The first-order valence-electron chi connectivity index (χ1n) is 6.61. The molecular weight excluding hydrogens is 280 g/mol. The van der Waals surface area contributed by atoms with E-state index in [1.54, 1.807) is 0 Å². The first-order chi connectivity index (χ1) is 9.63. The highest BCUT2D eigenvalue weighted by atomic mass is 35.5. The highest BCUT2D eigenvalue weighted by Gasteiger charge is 2.20. The van der Waals surface area contributed by atoms with Crippen LogP contribution in [0.25, 0.3) is 11.1 Å². The highest BCUT2D eigenvalue weighted by Crippen LogP contribution is 2.30. The summed E-state index contributed by atoms with van der Waals surface area (Å²) in [6, 6.07) is 10.5. The summed E-state index contributed by atoms with van der Waals surface area (Å²) in [5, 5.41) is 3.64. The van der Waals surface area contributed by atoms with Crippen molar-refractivity contribution in [1.29, 1.82) is 0 Å². The summed E-state index contributed by atoms with van der Waals surface area (Å²) in [7, 11) is 0. The molecule has 1 fully saturated rings. The van der Waals surface area contributed by atoms with E-state index in [9.17, 15) is 8.78 Å². The van der Waals surface area contributed by atoms with Crippen LogP contribution in [-0.2, 0) is 6.54 Å². The van der Waals surface area contributed by atoms with Crippen LogP contribution < -0.4 is 5.32 Å². The molecule has 0 spiro atoms. The molecule has 1 aliphatic carbocycles. The predicted octanol–water partition coefficient (Wildman–Crippen LogP) is 4.54.